The first kappa shape index (κ1) is 19.4. The van der Waals surface area contributed by atoms with E-state index in [4.69, 9.17) is 19.2 Å². The van der Waals surface area contributed by atoms with Crippen LogP contribution in [-0.2, 0) is 11.3 Å². The van der Waals surface area contributed by atoms with Crippen molar-refractivity contribution in [3.8, 4) is 23.0 Å². The van der Waals surface area contributed by atoms with Crippen LogP contribution in [0, 0.1) is 0 Å². The largest absolute Gasteiger partial charge is 0.481 e. The Morgan fingerprint density at radius 1 is 0.968 bits per heavy atom. The van der Waals surface area contributed by atoms with Gasteiger partial charge in [-0.15, -0.1) is 0 Å². The van der Waals surface area contributed by atoms with Crippen molar-refractivity contribution in [3.63, 3.8) is 0 Å². The zero-order valence-corrected chi connectivity index (χ0v) is 17.5. The lowest BCUT2D eigenvalue weighted by atomic mass is 10.00. The van der Waals surface area contributed by atoms with Crippen LogP contribution < -0.4 is 14.4 Å². The highest BCUT2D eigenvalue weighted by Gasteiger charge is 2.22. The summed E-state index contributed by atoms with van der Waals surface area (Å²) in [5.41, 5.74) is 5.76. The molecular formula is C23H23N5O3. The van der Waals surface area contributed by atoms with Crippen LogP contribution >= 0.6 is 0 Å². The Morgan fingerprint density at radius 3 is 2.65 bits per heavy atom. The van der Waals surface area contributed by atoms with Crippen LogP contribution in [0.2, 0.25) is 0 Å². The van der Waals surface area contributed by atoms with Crippen molar-refractivity contribution >= 4 is 11.5 Å². The summed E-state index contributed by atoms with van der Waals surface area (Å²) in [6.45, 7) is 3.76. The molecule has 0 aromatic carbocycles. The lowest BCUT2D eigenvalue weighted by molar-refractivity contribution is 0.122. The van der Waals surface area contributed by atoms with Gasteiger partial charge >= 0.3 is 0 Å². The number of aromatic nitrogens is 3. The minimum Gasteiger partial charge on any atom is -0.481 e. The van der Waals surface area contributed by atoms with Gasteiger partial charge in [-0.1, -0.05) is 0 Å². The Hall–Kier alpha value is -3.52. The Kier molecular flexibility index (Phi) is 5.21. The molecule has 2 aliphatic rings. The van der Waals surface area contributed by atoms with Crippen LogP contribution in [0.4, 0.5) is 5.82 Å². The maximum atomic E-state index is 5.47. The number of aliphatic imine (C=N–C) groups is 1. The van der Waals surface area contributed by atoms with Gasteiger partial charge in [0.2, 0.25) is 11.8 Å². The first-order valence-corrected chi connectivity index (χ1v) is 10.2. The van der Waals surface area contributed by atoms with E-state index in [0.717, 1.165) is 65.8 Å². The normalized spacial score (nSPS) is 15.4. The monoisotopic (exact) mass is 417 g/mol. The summed E-state index contributed by atoms with van der Waals surface area (Å²) < 4.78 is 16.1. The molecule has 0 amide bonds. The van der Waals surface area contributed by atoms with Crippen LogP contribution in [0.25, 0.3) is 11.3 Å². The van der Waals surface area contributed by atoms with E-state index in [-0.39, 0.29) is 0 Å². The van der Waals surface area contributed by atoms with E-state index in [1.807, 2.05) is 24.5 Å². The summed E-state index contributed by atoms with van der Waals surface area (Å²) in [7, 11) is 3.17. The summed E-state index contributed by atoms with van der Waals surface area (Å²) in [5, 5.41) is 0. The number of pyridine rings is 3. The Labute approximate surface area is 180 Å². The molecule has 1 fully saturated rings. The number of nitrogens with zero attached hydrogens (tertiary/aromatic N) is 5. The van der Waals surface area contributed by atoms with E-state index < -0.39 is 0 Å². The molecule has 0 bridgehead atoms. The van der Waals surface area contributed by atoms with Gasteiger partial charge in [-0.3, -0.25) is 9.98 Å². The fourth-order valence-electron chi connectivity index (χ4n) is 3.89. The summed E-state index contributed by atoms with van der Waals surface area (Å²) in [4.78, 5) is 20.6. The van der Waals surface area contributed by atoms with E-state index >= 15 is 0 Å². The molecular weight excluding hydrogens is 394 g/mol. The molecule has 8 nitrogen and oxygen atoms in total. The fraction of sp³-hybridized carbons (Fsp3) is 0.304. The Bertz CT molecular complexity index is 1140. The van der Waals surface area contributed by atoms with Crippen molar-refractivity contribution in [2.45, 2.75) is 6.54 Å². The Morgan fingerprint density at radius 2 is 1.84 bits per heavy atom. The second-order valence-electron chi connectivity index (χ2n) is 7.30. The average molecular weight is 417 g/mol. The zero-order chi connectivity index (χ0) is 21.2. The van der Waals surface area contributed by atoms with Gasteiger partial charge in [0.1, 0.15) is 5.82 Å². The van der Waals surface area contributed by atoms with Crippen molar-refractivity contribution in [2.75, 3.05) is 45.4 Å². The van der Waals surface area contributed by atoms with Gasteiger partial charge in [0.15, 0.2) is 0 Å². The van der Waals surface area contributed by atoms with Crippen LogP contribution in [-0.4, -0.2) is 61.2 Å². The summed E-state index contributed by atoms with van der Waals surface area (Å²) in [6.07, 6.45) is 3.73. The summed E-state index contributed by atoms with van der Waals surface area (Å²) in [6, 6.07) is 9.89. The van der Waals surface area contributed by atoms with Gasteiger partial charge < -0.3 is 19.1 Å². The maximum Gasteiger partial charge on any atom is 0.225 e. The van der Waals surface area contributed by atoms with E-state index in [2.05, 4.69) is 32.0 Å². The number of hydrogen-bond acceptors (Lipinski definition) is 8. The lowest BCUT2D eigenvalue weighted by Crippen LogP contribution is -2.36. The van der Waals surface area contributed by atoms with E-state index in [9.17, 15) is 0 Å². The molecule has 5 heterocycles. The van der Waals surface area contributed by atoms with Crippen molar-refractivity contribution in [3.05, 3.63) is 59.4 Å². The number of rotatable bonds is 5. The van der Waals surface area contributed by atoms with Gasteiger partial charge in [0.05, 0.1) is 50.9 Å². The number of ether oxygens (including phenoxy) is 3. The summed E-state index contributed by atoms with van der Waals surface area (Å²) in [5.74, 6) is 1.92. The predicted molar refractivity (Wildman–Crippen MR) is 117 cm³/mol. The van der Waals surface area contributed by atoms with Gasteiger partial charge in [0, 0.05) is 48.2 Å². The van der Waals surface area contributed by atoms with E-state index in [1.54, 1.807) is 20.3 Å². The number of hydrogen-bond donors (Lipinski definition) is 0. The number of anilines is 1. The first-order chi connectivity index (χ1) is 15.3. The van der Waals surface area contributed by atoms with E-state index in [0.29, 0.717) is 18.3 Å². The van der Waals surface area contributed by atoms with Gasteiger partial charge in [-0.2, -0.15) is 4.98 Å². The highest BCUT2D eigenvalue weighted by atomic mass is 16.5. The highest BCUT2D eigenvalue weighted by Crippen LogP contribution is 2.32. The Balaban J connectivity index is 1.50. The standard InChI is InChI=1S/C23H23N5O3/c1-29-21-4-3-17(23(27-21)30-2)19-12-18-16(13-25-19)14-26-22(18)15-5-6-24-20(11-15)28-7-9-31-10-8-28/h3-6,11-13H,7-10,14H2,1-2H3. The molecule has 0 atom stereocenters. The molecule has 2 aliphatic heterocycles. The summed E-state index contributed by atoms with van der Waals surface area (Å²) >= 11 is 0. The molecule has 0 radical (unpaired) electrons. The zero-order valence-electron chi connectivity index (χ0n) is 17.5. The third-order valence-corrected chi connectivity index (χ3v) is 5.52. The third-order valence-electron chi connectivity index (χ3n) is 5.52. The van der Waals surface area contributed by atoms with Gasteiger partial charge in [0.25, 0.3) is 0 Å². The molecule has 31 heavy (non-hydrogen) atoms. The molecule has 8 heteroatoms. The molecule has 3 aromatic heterocycles. The molecule has 0 N–H and O–H groups in total. The smallest absolute Gasteiger partial charge is 0.225 e. The highest BCUT2D eigenvalue weighted by molar-refractivity contribution is 6.15. The lowest BCUT2D eigenvalue weighted by Gasteiger charge is -2.28. The van der Waals surface area contributed by atoms with Crippen LogP contribution in [0.3, 0.4) is 0 Å². The molecule has 158 valence electrons. The van der Waals surface area contributed by atoms with Crippen LogP contribution in [0.15, 0.2) is 47.7 Å². The molecule has 3 aromatic rings. The van der Waals surface area contributed by atoms with Crippen molar-refractivity contribution < 1.29 is 14.2 Å². The molecule has 5 rings (SSSR count). The average Bonchev–Trinajstić information content (AvgIpc) is 3.27. The van der Waals surface area contributed by atoms with Gasteiger partial charge in [-0.25, -0.2) is 4.98 Å². The van der Waals surface area contributed by atoms with Crippen LogP contribution in [0.5, 0.6) is 11.8 Å². The first-order valence-electron chi connectivity index (χ1n) is 10.2. The minimum atomic E-state index is 0.474. The number of methoxy groups -OCH3 is 2. The number of morpholine rings is 1. The fourth-order valence-corrected chi connectivity index (χ4v) is 3.89. The quantitative estimate of drug-likeness (QED) is 0.631. The minimum absolute atomic E-state index is 0.474. The maximum absolute atomic E-state index is 5.47. The van der Waals surface area contributed by atoms with Gasteiger partial charge in [-0.05, 0) is 24.3 Å². The van der Waals surface area contributed by atoms with Crippen molar-refractivity contribution in [1.82, 2.24) is 15.0 Å². The molecule has 1 saturated heterocycles. The second kappa shape index (κ2) is 8.31. The molecule has 0 aliphatic carbocycles. The van der Waals surface area contributed by atoms with Crippen molar-refractivity contribution in [1.29, 1.82) is 0 Å². The van der Waals surface area contributed by atoms with Crippen LogP contribution in [0.1, 0.15) is 16.7 Å². The molecule has 0 saturated carbocycles. The SMILES string of the molecule is COc1ccc(-c2cc3c(cn2)CN=C3c2ccnc(N3CCOCC3)c2)c(OC)n1. The second-order valence-corrected chi connectivity index (χ2v) is 7.30. The molecule has 0 spiro atoms. The van der Waals surface area contributed by atoms with Crippen molar-refractivity contribution in [2.24, 2.45) is 4.99 Å². The number of fused-ring (bicyclic) bond motifs is 1. The predicted octanol–water partition coefficient (Wildman–Crippen LogP) is 2.74. The van der Waals surface area contributed by atoms with E-state index in [1.165, 1.54) is 0 Å². The topological polar surface area (TPSA) is 82.0 Å². The molecule has 0 unspecified atom stereocenters. The third kappa shape index (κ3) is 3.70.